The fourth-order valence-electron chi connectivity index (χ4n) is 1.59. The smallest absolute Gasteiger partial charge is 0.224 e. The van der Waals surface area contributed by atoms with E-state index in [1.165, 1.54) is 12.2 Å². The van der Waals surface area contributed by atoms with Crippen molar-refractivity contribution in [1.82, 2.24) is 0 Å². The van der Waals surface area contributed by atoms with Gasteiger partial charge in [-0.05, 0) is 48.1 Å². The first-order valence-electron chi connectivity index (χ1n) is 7.03. The van der Waals surface area contributed by atoms with Gasteiger partial charge in [0.25, 0.3) is 0 Å². The summed E-state index contributed by atoms with van der Waals surface area (Å²) in [5, 5.41) is 11.5. The van der Waals surface area contributed by atoms with Crippen molar-refractivity contribution >= 4 is 23.4 Å². The van der Waals surface area contributed by atoms with Crippen LogP contribution in [-0.4, -0.2) is 17.4 Å². The second-order valence-electron chi connectivity index (χ2n) is 4.93. The number of nitrogens with zero attached hydrogens (tertiary/aromatic N) is 1. The molecule has 20 heavy (non-hydrogen) atoms. The number of anilines is 1. The number of rotatable bonds is 8. The van der Waals surface area contributed by atoms with Crippen LogP contribution >= 0.6 is 11.8 Å². The second kappa shape index (κ2) is 9.44. The first kappa shape index (κ1) is 16.6. The Morgan fingerprint density at radius 3 is 2.70 bits per heavy atom. The van der Waals surface area contributed by atoms with Crippen molar-refractivity contribution in [3.63, 3.8) is 0 Å². The highest BCUT2D eigenvalue weighted by atomic mass is 32.2. The van der Waals surface area contributed by atoms with E-state index in [2.05, 4.69) is 25.2 Å². The molecule has 0 saturated carbocycles. The molecule has 0 aliphatic carbocycles. The molecule has 1 unspecified atom stereocenters. The van der Waals surface area contributed by atoms with Crippen LogP contribution in [0.4, 0.5) is 5.69 Å². The Labute approximate surface area is 125 Å². The molecule has 0 bridgehead atoms. The number of hydrogen-bond acceptors (Lipinski definition) is 3. The van der Waals surface area contributed by atoms with Gasteiger partial charge in [0.05, 0.1) is 11.6 Å². The number of hydrogen-bond donors (Lipinski definition) is 1. The molecule has 0 fully saturated rings. The summed E-state index contributed by atoms with van der Waals surface area (Å²) in [5.74, 6) is 3.00. The predicted octanol–water partition coefficient (Wildman–Crippen LogP) is 4.06. The lowest BCUT2D eigenvalue weighted by atomic mass is 10.2. The molecule has 3 nitrogen and oxygen atoms in total. The standard InChI is InChI=1S/C16H22N2OS/c1-3-13(2)12-20-10-4-5-16(19)18-15-8-6-14(11-17)7-9-15/h6-9,13H,3-5,10,12H2,1-2H3,(H,18,19). The van der Waals surface area contributed by atoms with E-state index < -0.39 is 0 Å². The van der Waals surface area contributed by atoms with E-state index in [4.69, 9.17) is 5.26 Å². The van der Waals surface area contributed by atoms with Gasteiger partial charge in [-0.1, -0.05) is 20.3 Å². The molecule has 1 N–H and O–H groups in total. The predicted molar refractivity (Wildman–Crippen MR) is 85.8 cm³/mol. The Bertz CT molecular complexity index is 451. The lowest BCUT2D eigenvalue weighted by molar-refractivity contribution is -0.116. The maximum Gasteiger partial charge on any atom is 0.224 e. The Kier molecular flexibility index (Phi) is 7.82. The first-order valence-corrected chi connectivity index (χ1v) is 8.19. The van der Waals surface area contributed by atoms with E-state index in [1.807, 2.05) is 11.8 Å². The van der Waals surface area contributed by atoms with Crippen molar-refractivity contribution in [2.24, 2.45) is 5.92 Å². The summed E-state index contributed by atoms with van der Waals surface area (Å²) in [6.45, 7) is 4.46. The van der Waals surface area contributed by atoms with Crippen LogP contribution in [0.1, 0.15) is 38.7 Å². The Morgan fingerprint density at radius 1 is 1.40 bits per heavy atom. The molecule has 4 heteroatoms. The van der Waals surface area contributed by atoms with Gasteiger partial charge in [0.15, 0.2) is 0 Å². The zero-order chi connectivity index (χ0) is 14.8. The maximum absolute atomic E-state index is 11.7. The van der Waals surface area contributed by atoms with E-state index in [1.54, 1.807) is 24.3 Å². The molecule has 0 saturated heterocycles. The second-order valence-corrected chi connectivity index (χ2v) is 6.08. The van der Waals surface area contributed by atoms with Gasteiger partial charge in [-0.2, -0.15) is 17.0 Å². The van der Waals surface area contributed by atoms with Crippen LogP contribution in [-0.2, 0) is 4.79 Å². The monoisotopic (exact) mass is 290 g/mol. The van der Waals surface area contributed by atoms with E-state index in [-0.39, 0.29) is 5.91 Å². The number of benzene rings is 1. The average Bonchev–Trinajstić information content (AvgIpc) is 2.47. The van der Waals surface area contributed by atoms with Crippen molar-refractivity contribution in [2.45, 2.75) is 33.1 Å². The molecule has 0 aromatic heterocycles. The van der Waals surface area contributed by atoms with Gasteiger partial charge in [-0.3, -0.25) is 4.79 Å². The van der Waals surface area contributed by atoms with Crippen LogP contribution in [0, 0.1) is 17.2 Å². The summed E-state index contributed by atoms with van der Waals surface area (Å²) in [7, 11) is 0. The molecule has 1 rings (SSSR count). The van der Waals surface area contributed by atoms with Gasteiger partial charge < -0.3 is 5.32 Å². The number of nitrogens with one attached hydrogen (secondary N) is 1. The number of nitriles is 1. The number of thioether (sulfide) groups is 1. The molecule has 108 valence electrons. The van der Waals surface area contributed by atoms with Crippen LogP contribution < -0.4 is 5.32 Å². The van der Waals surface area contributed by atoms with Gasteiger partial charge in [0, 0.05) is 12.1 Å². The molecule has 0 aliphatic rings. The van der Waals surface area contributed by atoms with E-state index in [9.17, 15) is 4.79 Å². The van der Waals surface area contributed by atoms with Crippen molar-refractivity contribution in [2.75, 3.05) is 16.8 Å². The van der Waals surface area contributed by atoms with Gasteiger partial charge in [-0.25, -0.2) is 0 Å². The summed E-state index contributed by atoms with van der Waals surface area (Å²) in [4.78, 5) is 11.7. The third kappa shape index (κ3) is 6.63. The van der Waals surface area contributed by atoms with E-state index >= 15 is 0 Å². The summed E-state index contributed by atoms with van der Waals surface area (Å²) >= 11 is 1.92. The van der Waals surface area contributed by atoms with Crippen LogP contribution in [0.25, 0.3) is 0 Å². The Hall–Kier alpha value is -1.47. The summed E-state index contributed by atoms with van der Waals surface area (Å²) in [6, 6.07) is 8.98. The van der Waals surface area contributed by atoms with Crippen LogP contribution in [0.15, 0.2) is 24.3 Å². The Morgan fingerprint density at radius 2 is 2.10 bits per heavy atom. The van der Waals surface area contributed by atoms with Crippen LogP contribution in [0.3, 0.4) is 0 Å². The zero-order valence-corrected chi connectivity index (χ0v) is 13.0. The quantitative estimate of drug-likeness (QED) is 0.735. The molecule has 1 aromatic carbocycles. The SMILES string of the molecule is CCC(C)CSCCCC(=O)Nc1ccc(C#N)cc1. The topological polar surface area (TPSA) is 52.9 Å². The van der Waals surface area contributed by atoms with Gasteiger partial charge in [-0.15, -0.1) is 0 Å². The third-order valence-electron chi connectivity index (χ3n) is 3.09. The zero-order valence-electron chi connectivity index (χ0n) is 12.2. The highest BCUT2D eigenvalue weighted by Gasteiger charge is 2.03. The fraction of sp³-hybridized carbons (Fsp3) is 0.500. The summed E-state index contributed by atoms with van der Waals surface area (Å²) in [6.07, 6.45) is 2.67. The lowest BCUT2D eigenvalue weighted by Gasteiger charge is -2.08. The summed E-state index contributed by atoms with van der Waals surface area (Å²) in [5.41, 5.74) is 1.35. The van der Waals surface area contributed by atoms with E-state index in [0.717, 1.165) is 23.8 Å². The number of carbonyl (C=O) groups excluding carboxylic acids is 1. The molecule has 1 amide bonds. The third-order valence-corrected chi connectivity index (χ3v) is 4.47. The fourth-order valence-corrected chi connectivity index (χ4v) is 2.74. The molecule has 1 atom stereocenters. The van der Waals surface area contributed by atoms with Crippen molar-refractivity contribution in [1.29, 1.82) is 5.26 Å². The van der Waals surface area contributed by atoms with Gasteiger partial charge in [0.2, 0.25) is 5.91 Å². The largest absolute Gasteiger partial charge is 0.326 e. The highest BCUT2D eigenvalue weighted by Crippen LogP contribution is 2.14. The van der Waals surface area contributed by atoms with Crippen molar-refractivity contribution in [3.05, 3.63) is 29.8 Å². The minimum Gasteiger partial charge on any atom is -0.326 e. The van der Waals surface area contributed by atoms with E-state index in [0.29, 0.717) is 12.0 Å². The minimum absolute atomic E-state index is 0.0406. The minimum atomic E-state index is 0.0406. The molecule has 1 aromatic rings. The molecular weight excluding hydrogens is 268 g/mol. The highest BCUT2D eigenvalue weighted by molar-refractivity contribution is 7.99. The normalized spacial score (nSPS) is 11.7. The maximum atomic E-state index is 11.7. The number of amides is 1. The first-order chi connectivity index (χ1) is 9.65. The van der Waals surface area contributed by atoms with Crippen molar-refractivity contribution < 1.29 is 4.79 Å². The molecule has 0 heterocycles. The molecule has 0 aliphatic heterocycles. The van der Waals surface area contributed by atoms with Crippen LogP contribution in [0.5, 0.6) is 0 Å². The molecular formula is C16H22N2OS. The van der Waals surface area contributed by atoms with Gasteiger partial charge in [0.1, 0.15) is 0 Å². The Balaban J connectivity index is 2.18. The van der Waals surface area contributed by atoms with Crippen LogP contribution in [0.2, 0.25) is 0 Å². The average molecular weight is 290 g/mol. The van der Waals surface area contributed by atoms with Gasteiger partial charge >= 0.3 is 0 Å². The molecule has 0 spiro atoms. The number of carbonyl (C=O) groups is 1. The lowest BCUT2D eigenvalue weighted by Crippen LogP contribution is -2.11. The molecule has 0 radical (unpaired) electrons. The van der Waals surface area contributed by atoms with Crippen molar-refractivity contribution in [3.8, 4) is 6.07 Å². The summed E-state index contributed by atoms with van der Waals surface area (Å²) < 4.78 is 0.